The Morgan fingerprint density at radius 2 is 1.57 bits per heavy atom. The standard InChI is InChI=1S/C18H17N3O7S2/c1-9-3-4-15(30(26,27)28)14(5-9)20-21-17-10(2)6-11-7-12(29(23,24)25)8-13(19)16(11)18(17)22/h3-8,22H,19H2,1-2H3,(H,23,24,25)(H,26,27,28). The van der Waals surface area contributed by atoms with Crippen molar-refractivity contribution in [1.29, 1.82) is 0 Å². The molecule has 0 aromatic heterocycles. The Morgan fingerprint density at radius 1 is 0.900 bits per heavy atom. The second kappa shape index (κ2) is 7.32. The zero-order valence-corrected chi connectivity index (χ0v) is 17.4. The number of nitrogen functional groups attached to an aromatic ring is 1. The number of aryl methyl sites for hydroxylation is 2. The van der Waals surface area contributed by atoms with Crippen LogP contribution in [0.4, 0.5) is 17.1 Å². The molecule has 0 saturated carbocycles. The number of nitrogens with two attached hydrogens (primary N) is 1. The second-order valence-corrected chi connectivity index (χ2v) is 9.43. The number of phenolic OH excluding ortho intramolecular Hbond substituents is 1. The normalized spacial score (nSPS) is 12.7. The molecule has 0 bridgehead atoms. The van der Waals surface area contributed by atoms with Crippen LogP contribution in [0.3, 0.4) is 0 Å². The van der Waals surface area contributed by atoms with Crippen LogP contribution < -0.4 is 5.73 Å². The Morgan fingerprint density at radius 3 is 2.17 bits per heavy atom. The van der Waals surface area contributed by atoms with Gasteiger partial charge in [-0.05, 0) is 60.7 Å². The minimum Gasteiger partial charge on any atom is -0.505 e. The number of anilines is 1. The molecule has 0 amide bonds. The van der Waals surface area contributed by atoms with Crippen molar-refractivity contribution in [2.45, 2.75) is 23.6 Å². The maximum absolute atomic E-state index is 11.6. The van der Waals surface area contributed by atoms with E-state index >= 15 is 0 Å². The first-order valence-corrected chi connectivity index (χ1v) is 11.2. The van der Waals surface area contributed by atoms with E-state index in [1.165, 1.54) is 24.3 Å². The van der Waals surface area contributed by atoms with Gasteiger partial charge < -0.3 is 10.8 Å². The first-order chi connectivity index (χ1) is 13.8. The topological polar surface area (TPSA) is 180 Å². The Hall–Kier alpha value is -3.06. The zero-order valence-electron chi connectivity index (χ0n) is 15.7. The number of azo groups is 1. The summed E-state index contributed by atoms with van der Waals surface area (Å²) in [4.78, 5) is -0.884. The van der Waals surface area contributed by atoms with Crippen molar-refractivity contribution in [2.24, 2.45) is 10.2 Å². The molecule has 0 aliphatic heterocycles. The van der Waals surface area contributed by atoms with Gasteiger partial charge in [-0.2, -0.15) is 16.8 Å². The highest BCUT2D eigenvalue weighted by atomic mass is 32.2. The summed E-state index contributed by atoms with van der Waals surface area (Å²) in [6.07, 6.45) is 0. The van der Waals surface area contributed by atoms with Crippen LogP contribution in [0.15, 0.2) is 56.4 Å². The summed E-state index contributed by atoms with van der Waals surface area (Å²) in [6.45, 7) is 3.25. The largest absolute Gasteiger partial charge is 0.505 e. The molecule has 0 radical (unpaired) electrons. The van der Waals surface area contributed by atoms with Crippen LogP contribution in [0.1, 0.15) is 11.1 Å². The molecular formula is C18H17N3O7S2. The Balaban J connectivity index is 2.22. The van der Waals surface area contributed by atoms with E-state index < -0.39 is 35.8 Å². The van der Waals surface area contributed by atoms with Gasteiger partial charge >= 0.3 is 0 Å². The van der Waals surface area contributed by atoms with Crippen molar-refractivity contribution in [3.63, 3.8) is 0 Å². The van der Waals surface area contributed by atoms with E-state index in [-0.39, 0.29) is 27.8 Å². The van der Waals surface area contributed by atoms with E-state index in [1.54, 1.807) is 13.8 Å². The molecule has 12 heteroatoms. The van der Waals surface area contributed by atoms with Crippen molar-refractivity contribution < 1.29 is 31.0 Å². The molecule has 158 valence electrons. The molecule has 0 aliphatic carbocycles. The fourth-order valence-electron chi connectivity index (χ4n) is 2.96. The Labute approximate surface area is 172 Å². The predicted molar refractivity (Wildman–Crippen MR) is 110 cm³/mol. The molecule has 3 rings (SSSR count). The average molecular weight is 451 g/mol. The van der Waals surface area contributed by atoms with Gasteiger partial charge in [0.25, 0.3) is 20.2 Å². The van der Waals surface area contributed by atoms with Crippen LogP contribution in [-0.4, -0.2) is 31.0 Å². The van der Waals surface area contributed by atoms with Crippen molar-refractivity contribution in [3.05, 3.63) is 47.5 Å². The number of rotatable bonds is 4. The molecule has 3 aromatic rings. The first-order valence-electron chi connectivity index (χ1n) is 8.32. The highest BCUT2D eigenvalue weighted by Gasteiger charge is 2.19. The first kappa shape index (κ1) is 21.6. The van der Waals surface area contributed by atoms with E-state index in [4.69, 9.17) is 5.73 Å². The quantitative estimate of drug-likeness (QED) is 0.263. The van der Waals surface area contributed by atoms with Crippen molar-refractivity contribution in [1.82, 2.24) is 0 Å². The molecule has 30 heavy (non-hydrogen) atoms. The van der Waals surface area contributed by atoms with Crippen LogP contribution in [0.25, 0.3) is 10.8 Å². The number of hydrogen-bond donors (Lipinski definition) is 4. The maximum Gasteiger partial charge on any atom is 0.296 e. The highest BCUT2D eigenvalue weighted by molar-refractivity contribution is 7.86. The third-order valence-electron chi connectivity index (χ3n) is 4.33. The van der Waals surface area contributed by atoms with Gasteiger partial charge in [0.1, 0.15) is 16.3 Å². The van der Waals surface area contributed by atoms with E-state index in [0.717, 1.165) is 12.1 Å². The molecule has 10 nitrogen and oxygen atoms in total. The lowest BCUT2D eigenvalue weighted by Crippen LogP contribution is -2.00. The van der Waals surface area contributed by atoms with Gasteiger partial charge in [-0.3, -0.25) is 9.11 Å². The summed E-state index contributed by atoms with van der Waals surface area (Å²) >= 11 is 0. The number of nitrogens with zero attached hydrogens (tertiary/aromatic N) is 2. The van der Waals surface area contributed by atoms with Crippen LogP contribution >= 0.6 is 0 Å². The van der Waals surface area contributed by atoms with Gasteiger partial charge in [-0.15, -0.1) is 10.2 Å². The third-order valence-corrected chi connectivity index (χ3v) is 6.06. The summed E-state index contributed by atoms with van der Waals surface area (Å²) < 4.78 is 64.5. The lowest BCUT2D eigenvalue weighted by Gasteiger charge is -2.11. The van der Waals surface area contributed by atoms with Gasteiger partial charge in [-0.25, -0.2) is 0 Å². The molecule has 0 heterocycles. The minimum atomic E-state index is -4.55. The van der Waals surface area contributed by atoms with Crippen LogP contribution in [0.5, 0.6) is 5.75 Å². The maximum atomic E-state index is 11.6. The van der Waals surface area contributed by atoms with Crippen molar-refractivity contribution >= 4 is 48.1 Å². The smallest absolute Gasteiger partial charge is 0.296 e. The lowest BCUT2D eigenvalue weighted by molar-refractivity contribution is 0.480. The number of fused-ring (bicyclic) bond motifs is 1. The molecule has 0 spiro atoms. The van der Waals surface area contributed by atoms with E-state index in [9.17, 15) is 31.0 Å². The van der Waals surface area contributed by atoms with Crippen LogP contribution in [-0.2, 0) is 20.2 Å². The molecule has 3 aromatic carbocycles. The Kier molecular flexibility index (Phi) is 5.28. The molecule has 0 atom stereocenters. The molecule has 5 N–H and O–H groups in total. The van der Waals surface area contributed by atoms with Crippen molar-refractivity contribution in [2.75, 3.05) is 5.73 Å². The number of hydrogen-bond acceptors (Lipinski definition) is 8. The SMILES string of the molecule is Cc1ccc(S(=O)(=O)O)c(N=Nc2c(C)cc3cc(S(=O)(=O)O)cc(N)c3c2O)c1. The number of aromatic hydroxyl groups is 1. The van der Waals surface area contributed by atoms with E-state index in [0.29, 0.717) is 11.1 Å². The third kappa shape index (κ3) is 4.11. The molecule has 0 saturated heterocycles. The summed E-state index contributed by atoms with van der Waals surface area (Å²) in [6, 6.07) is 7.67. The van der Waals surface area contributed by atoms with Gasteiger partial charge in [0.05, 0.1) is 4.90 Å². The van der Waals surface area contributed by atoms with Gasteiger partial charge in [0.15, 0.2) is 5.75 Å². The lowest BCUT2D eigenvalue weighted by atomic mass is 10.0. The molecule has 0 aliphatic rings. The number of phenols is 1. The summed E-state index contributed by atoms with van der Waals surface area (Å²) in [5, 5.41) is 18.8. The minimum absolute atomic E-state index is 0.0309. The van der Waals surface area contributed by atoms with Gasteiger partial charge in [-0.1, -0.05) is 6.07 Å². The second-order valence-electron chi connectivity index (χ2n) is 6.62. The van der Waals surface area contributed by atoms with Crippen LogP contribution in [0.2, 0.25) is 0 Å². The van der Waals surface area contributed by atoms with E-state index in [1.807, 2.05) is 0 Å². The predicted octanol–water partition coefficient (Wildman–Crippen LogP) is 3.65. The van der Waals surface area contributed by atoms with Gasteiger partial charge in [0, 0.05) is 11.1 Å². The highest BCUT2D eigenvalue weighted by Crippen LogP contribution is 2.42. The summed E-state index contributed by atoms with van der Waals surface area (Å²) in [5.41, 5.74) is 6.61. The molecular weight excluding hydrogens is 434 g/mol. The molecule has 0 unspecified atom stereocenters. The van der Waals surface area contributed by atoms with Gasteiger partial charge in [0.2, 0.25) is 0 Å². The van der Waals surface area contributed by atoms with Crippen LogP contribution in [0, 0.1) is 13.8 Å². The number of benzene rings is 3. The van der Waals surface area contributed by atoms with E-state index in [2.05, 4.69) is 10.2 Å². The van der Waals surface area contributed by atoms with Crippen molar-refractivity contribution in [3.8, 4) is 5.75 Å². The summed E-state index contributed by atoms with van der Waals surface area (Å²) in [5.74, 6) is -0.408. The monoisotopic (exact) mass is 451 g/mol. The summed E-state index contributed by atoms with van der Waals surface area (Å²) in [7, 11) is -9.06. The fraction of sp³-hybridized carbons (Fsp3) is 0.111. The fourth-order valence-corrected chi connectivity index (χ4v) is 4.11. The molecule has 0 fully saturated rings. The zero-order chi connectivity index (χ0) is 22.4. The average Bonchev–Trinajstić information content (AvgIpc) is 2.59. The Bertz CT molecular complexity index is 1430.